The zero-order valence-electron chi connectivity index (χ0n) is 14.7. The van der Waals surface area contributed by atoms with Gasteiger partial charge < -0.3 is 9.64 Å². The van der Waals surface area contributed by atoms with Crippen molar-refractivity contribution in [1.29, 1.82) is 0 Å². The number of fused-ring (bicyclic) bond motifs is 1. The van der Waals surface area contributed by atoms with Crippen LogP contribution in [0.25, 0.3) is 16.8 Å². The second-order valence-electron chi connectivity index (χ2n) is 6.72. The van der Waals surface area contributed by atoms with Gasteiger partial charge in [0.15, 0.2) is 0 Å². The number of carbonyl (C=O) groups is 1. The van der Waals surface area contributed by atoms with E-state index in [-0.39, 0.29) is 18.1 Å². The standard InChI is InChI=1S/C20H20ClN3O2/c1-13-11-23(12-14(2)26-13)20(25)19-22-18(15-6-5-7-16(21)10-15)17-8-3-4-9-24(17)19/h3-10,13-14H,11-12H2,1-2H3. The van der Waals surface area contributed by atoms with Crippen LogP contribution in [0.5, 0.6) is 0 Å². The second-order valence-corrected chi connectivity index (χ2v) is 7.15. The van der Waals surface area contributed by atoms with E-state index >= 15 is 0 Å². The topological polar surface area (TPSA) is 46.8 Å². The van der Waals surface area contributed by atoms with E-state index in [2.05, 4.69) is 0 Å². The summed E-state index contributed by atoms with van der Waals surface area (Å²) in [5, 5.41) is 0.642. The van der Waals surface area contributed by atoms with Gasteiger partial charge in [0.1, 0.15) is 0 Å². The van der Waals surface area contributed by atoms with Crippen LogP contribution in [0, 0.1) is 0 Å². The highest BCUT2D eigenvalue weighted by atomic mass is 35.5. The van der Waals surface area contributed by atoms with Crippen molar-refractivity contribution in [1.82, 2.24) is 14.3 Å². The van der Waals surface area contributed by atoms with Crippen LogP contribution < -0.4 is 0 Å². The first-order chi connectivity index (χ1) is 12.5. The molecule has 2 aromatic heterocycles. The Morgan fingerprint density at radius 3 is 2.65 bits per heavy atom. The van der Waals surface area contributed by atoms with Gasteiger partial charge in [-0.05, 0) is 38.1 Å². The van der Waals surface area contributed by atoms with Gasteiger partial charge in [-0.15, -0.1) is 0 Å². The van der Waals surface area contributed by atoms with Gasteiger partial charge in [-0.1, -0.05) is 29.8 Å². The number of rotatable bonds is 2. The SMILES string of the molecule is CC1CN(C(=O)c2nc(-c3cccc(Cl)c3)c3ccccn23)CC(C)O1. The monoisotopic (exact) mass is 369 g/mol. The Morgan fingerprint density at radius 1 is 1.15 bits per heavy atom. The maximum Gasteiger partial charge on any atom is 0.290 e. The van der Waals surface area contributed by atoms with Gasteiger partial charge in [0.05, 0.1) is 23.4 Å². The van der Waals surface area contributed by atoms with Crippen LogP contribution in [-0.2, 0) is 4.74 Å². The lowest BCUT2D eigenvalue weighted by Gasteiger charge is -2.34. The van der Waals surface area contributed by atoms with Gasteiger partial charge in [0, 0.05) is 29.9 Å². The molecule has 0 bridgehead atoms. The van der Waals surface area contributed by atoms with Crippen molar-refractivity contribution in [3.8, 4) is 11.3 Å². The minimum Gasteiger partial charge on any atom is -0.372 e. The van der Waals surface area contributed by atoms with E-state index in [0.717, 1.165) is 16.8 Å². The highest BCUT2D eigenvalue weighted by Crippen LogP contribution is 2.28. The first-order valence-corrected chi connectivity index (χ1v) is 9.08. The number of morpholine rings is 1. The molecule has 1 aromatic carbocycles. The molecule has 5 nitrogen and oxygen atoms in total. The van der Waals surface area contributed by atoms with E-state index in [1.165, 1.54) is 0 Å². The van der Waals surface area contributed by atoms with Crippen molar-refractivity contribution in [3.05, 3.63) is 59.5 Å². The third-order valence-corrected chi connectivity index (χ3v) is 4.78. The summed E-state index contributed by atoms with van der Waals surface area (Å²) in [4.78, 5) is 19.7. The quantitative estimate of drug-likeness (QED) is 0.688. The molecule has 0 N–H and O–H groups in total. The molecule has 0 saturated carbocycles. The third-order valence-electron chi connectivity index (χ3n) is 4.54. The first kappa shape index (κ1) is 17.1. The van der Waals surface area contributed by atoms with Crippen LogP contribution in [0.3, 0.4) is 0 Å². The summed E-state index contributed by atoms with van der Waals surface area (Å²) in [5.41, 5.74) is 2.53. The number of carbonyl (C=O) groups excluding carboxylic acids is 1. The van der Waals surface area contributed by atoms with E-state index in [1.807, 2.05) is 71.8 Å². The highest BCUT2D eigenvalue weighted by molar-refractivity contribution is 6.30. The summed E-state index contributed by atoms with van der Waals surface area (Å²) in [6.07, 6.45) is 1.90. The van der Waals surface area contributed by atoms with Crippen molar-refractivity contribution in [2.45, 2.75) is 26.1 Å². The molecule has 2 atom stereocenters. The third kappa shape index (κ3) is 3.08. The predicted octanol–water partition coefficient (Wildman–Crippen LogP) is 3.90. The van der Waals surface area contributed by atoms with E-state index in [9.17, 15) is 4.79 Å². The molecule has 0 radical (unpaired) electrons. The van der Waals surface area contributed by atoms with Gasteiger partial charge in [-0.3, -0.25) is 9.20 Å². The van der Waals surface area contributed by atoms with Crippen LogP contribution >= 0.6 is 11.6 Å². The largest absolute Gasteiger partial charge is 0.372 e. The average Bonchev–Trinajstić information content (AvgIpc) is 3.00. The second kappa shape index (κ2) is 6.74. The van der Waals surface area contributed by atoms with Crippen molar-refractivity contribution in [2.24, 2.45) is 0 Å². The Bertz CT molecular complexity index is 959. The Kier molecular flexibility index (Phi) is 4.42. The fraction of sp³-hybridized carbons (Fsp3) is 0.300. The number of aromatic nitrogens is 2. The van der Waals surface area contributed by atoms with Gasteiger partial charge in [0.25, 0.3) is 5.91 Å². The summed E-state index contributed by atoms with van der Waals surface area (Å²) < 4.78 is 7.59. The van der Waals surface area contributed by atoms with Crippen molar-refractivity contribution < 1.29 is 9.53 Å². The minimum atomic E-state index is -0.0820. The van der Waals surface area contributed by atoms with Crippen LogP contribution in [0.4, 0.5) is 0 Å². The lowest BCUT2D eigenvalue weighted by atomic mass is 10.1. The lowest BCUT2D eigenvalue weighted by molar-refractivity contribution is -0.0589. The van der Waals surface area contributed by atoms with Crippen molar-refractivity contribution >= 4 is 23.0 Å². The van der Waals surface area contributed by atoms with Crippen LogP contribution in [0.1, 0.15) is 24.5 Å². The Morgan fingerprint density at radius 2 is 1.92 bits per heavy atom. The number of nitrogens with zero attached hydrogens (tertiary/aromatic N) is 3. The molecule has 26 heavy (non-hydrogen) atoms. The number of hydrogen-bond donors (Lipinski definition) is 0. The molecule has 1 amide bonds. The Hall–Kier alpha value is -2.37. The Balaban J connectivity index is 1.80. The molecule has 1 saturated heterocycles. The molecule has 3 heterocycles. The number of hydrogen-bond acceptors (Lipinski definition) is 3. The molecular formula is C20H20ClN3O2. The number of ether oxygens (including phenoxy) is 1. The predicted molar refractivity (Wildman–Crippen MR) is 102 cm³/mol. The average molecular weight is 370 g/mol. The fourth-order valence-corrected chi connectivity index (χ4v) is 3.71. The van der Waals surface area contributed by atoms with Crippen LogP contribution in [0.15, 0.2) is 48.7 Å². The summed E-state index contributed by atoms with van der Waals surface area (Å²) in [6.45, 7) is 5.10. The molecular weight excluding hydrogens is 350 g/mol. The molecule has 134 valence electrons. The fourth-order valence-electron chi connectivity index (χ4n) is 3.52. The van der Waals surface area contributed by atoms with Crippen molar-refractivity contribution in [3.63, 3.8) is 0 Å². The first-order valence-electron chi connectivity index (χ1n) is 8.70. The zero-order valence-corrected chi connectivity index (χ0v) is 15.5. The highest BCUT2D eigenvalue weighted by Gasteiger charge is 2.29. The van der Waals surface area contributed by atoms with E-state index < -0.39 is 0 Å². The van der Waals surface area contributed by atoms with Crippen molar-refractivity contribution in [2.75, 3.05) is 13.1 Å². The van der Waals surface area contributed by atoms with Gasteiger partial charge in [0.2, 0.25) is 5.82 Å². The summed E-state index contributed by atoms with van der Waals surface area (Å²) in [6, 6.07) is 13.3. The molecule has 6 heteroatoms. The maximum atomic E-state index is 13.2. The summed E-state index contributed by atoms with van der Waals surface area (Å²) in [5.74, 6) is 0.332. The number of benzene rings is 1. The van der Waals surface area contributed by atoms with E-state index in [0.29, 0.717) is 23.9 Å². The van der Waals surface area contributed by atoms with Crippen LogP contribution in [0.2, 0.25) is 5.02 Å². The molecule has 2 unspecified atom stereocenters. The number of imidazole rings is 1. The summed E-state index contributed by atoms with van der Waals surface area (Å²) >= 11 is 6.15. The summed E-state index contributed by atoms with van der Waals surface area (Å²) in [7, 11) is 0. The van der Waals surface area contributed by atoms with E-state index in [4.69, 9.17) is 21.3 Å². The molecule has 1 fully saturated rings. The molecule has 1 aliphatic rings. The molecule has 0 aliphatic carbocycles. The Labute approximate surface area is 157 Å². The lowest BCUT2D eigenvalue weighted by Crippen LogP contribution is -2.48. The van der Waals surface area contributed by atoms with Gasteiger partial charge in [-0.25, -0.2) is 4.98 Å². The zero-order chi connectivity index (χ0) is 18.3. The molecule has 0 spiro atoms. The maximum absolute atomic E-state index is 13.2. The molecule has 3 aromatic rings. The number of halogens is 1. The normalized spacial score (nSPS) is 20.5. The smallest absolute Gasteiger partial charge is 0.290 e. The van der Waals surface area contributed by atoms with Gasteiger partial charge in [-0.2, -0.15) is 0 Å². The van der Waals surface area contributed by atoms with Gasteiger partial charge >= 0.3 is 0 Å². The van der Waals surface area contributed by atoms with Crippen LogP contribution in [-0.4, -0.2) is 45.5 Å². The molecule has 4 rings (SSSR count). The van der Waals surface area contributed by atoms with E-state index in [1.54, 1.807) is 0 Å². The molecule has 1 aliphatic heterocycles. The number of pyridine rings is 1. The number of amides is 1. The minimum absolute atomic E-state index is 0.0151.